The van der Waals surface area contributed by atoms with Crippen molar-refractivity contribution in [2.24, 2.45) is 0 Å². The normalized spacial score (nSPS) is 18.4. The van der Waals surface area contributed by atoms with Gasteiger partial charge in [-0.15, -0.1) is 0 Å². The van der Waals surface area contributed by atoms with Crippen molar-refractivity contribution in [2.75, 3.05) is 31.1 Å². The van der Waals surface area contributed by atoms with Gasteiger partial charge in [-0.2, -0.15) is 5.26 Å². The van der Waals surface area contributed by atoms with Crippen LogP contribution >= 0.6 is 0 Å². The average Bonchev–Trinajstić information content (AvgIpc) is 2.42. The van der Waals surface area contributed by atoms with Crippen LogP contribution in [0.1, 0.15) is 13.3 Å². The summed E-state index contributed by atoms with van der Waals surface area (Å²) in [5.74, 6) is 0.494. The third-order valence-corrected chi connectivity index (χ3v) is 3.33. The van der Waals surface area contributed by atoms with Crippen LogP contribution in [0.3, 0.4) is 0 Å². The molecule has 0 amide bonds. The first-order valence-corrected chi connectivity index (χ1v) is 6.24. The molecule has 0 bridgehead atoms. The van der Waals surface area contributed by atoms with Crippen LogP contribution in [-0.4, -0.2) is 42.1 Å². The summed E-state index contributed by atoms with van der Waals surface area (Å²) in [5.41, 5.74) is 0. The second kappa shape index (κ2) is 5.78. The first kappa shape index (κ1) is 12.8. The molecule has 0 saturated carbocycles. The summed E-state index contributed by atoms with van der Waals surface area (Å²) in [6.45, 7) is 5.39. The Morgan fingerprint density at radius 2 is 2.11 bits per heavy atom. The lowest BCUT2D eigenvalue weighted by Crippen LogP contribution is -2.50. The molecule has 1 aromatic heterocycles. The number of pyridine rings is 1. The zero-order chi connectivity index (χ0) is 13.0. The van der Waals surface area contributed by atoms with Crippen molar-refractivity contribution in [3.8, 4) is 6.07 Å². The fourth-order valence-corrected chi connectivity index (χ4v) is 2.25. The molecule has 1 unspecified atom stereocenters. The van der Waals surface area contributed by atoms with E-state index in [1.165, 1.54) is 12.3 Å². The van der Waals surface area contributed by atoms with Gasteiger partial charge in [0, 0.05) is 26.2 Å². The van der Waals surface area contributed by atoms with Crippen molar-refractivity contribution in [1.82, 2.24) is 9.88 Å². The highest BCUT2D eigenvalue weighted by Gasteiger charge is 2.22. The van der Waals surface area contributed by atoms with Crippen molar-refractivity contribution < 1.29 is 4.39 Å². The fraction of sp³-hybridized carbons (Fsp3) is 0.538. The summed E-state index contributed by atoms with van der Waals surface area (Å²) in [6.07, 6.45) is 2.09. The largest absolute Gasteiger partial charge is 0.354 e. The van der Waals surface area contributed by atoms with E-state index in [2.05, 4.69) is 20.9 Å². The van der Waals surface area contributed by atoms with Crippen LogP contribution in [0.15, 0.2) is 18.3 Å². The second-order valence-electron chi connectivity index (χ2n) is 4.41. The summed E-state index contributed by atoms with van der Waals surface area (Å²) in [5, 5.41) is 9.03. The molecule has 1 aliphatic heterocycles. The van der Waals surface area contributed by atoms with E-state index in [1.807, 2.05) is 6.92 Å². The van der Waals surface area contributed by atoms with Crippen molar-refractivity contribution in [3.05, 3.63) is 24.1 Å². The monoisotopic (exact) mass is 248 g/mol. The Hall–Kier alpha value is -1.67. The molecule has 1 saturated heterocycles. The van der Waals surface area contributed by atoms with Crippen LogP contribution in [0.4, 0.5) is 10.2 Å². The van der Waals surface area contributed by atoms with Crippen LogP contribution in [0, 0.1) is 17.1 Å². The highest BCUT2D eigenvalue weighted by atomic mass is 19.1. The maximum absolute atomic E-state index is 12.8. The van der Waals surface area contributed by atoms with Crippen LogP contribution in [0.25, 0.3) is 0 Å². The SMILES string of the molecule is CCC(C#N)N1CCN(c2ccc(F)cn2)CC1. The average molecular weight is 248 g/mol. The van der Waals surface area contributed by atoms with Gasteiger partial charge in [-0.25, -0.2) is 9.37 Å². The standard InChI is InChI=1S/C13H17FN4/c1-2-12(9-15)17-5-7-18(8-6-17)13-4-3-11(14)10-16-13/h3-4,10,12H,2,5-8H2,1H3. The quantitative estimate of drug-likeness (QED) is 0.815. The molecule has 0 aliphatic carbocycles. The Morgan fingerprint density at radius 1 is 1.39 bits per heavy atom. The molecule has 1 aliphatic rings. The molecular formula is C13H17FN4. The van der Waals surface area contributed by atoms with E-state index in [0.717, 1.165) is 38.4 Å². The lowest BCUT2D eigenvalue weighted by molar-refractivity contribution is 0.216. The zero-order valence-corrected chi connectivity index (χ0v) is 10.5. The van der Waals surface area contributed by atoms with E-state index in [-0.39, 0.29) is 11.9 Å². The van der Waals surface area contributed by atoms with E-state index in [0.29, 0.717) is 0 Å². The lowest BCUT2D eigenvalue weighted by Gasteiger charge is -2.37. The zero-order valence-electron chi connectivity index (χ0n) is 10.5. The molecular weight excluding hydrogens is 231 g/mol. The van der Waals surface area contributed by atoms with Crippen LogP contribution in [-0.2, 0) is 0 Å². The number of nitrogens with zero attached hydrogens (tertiary/aromatic N) is 4. The van der Waals surface area contributed by atoms with E-state index in [4.69, 9.17) is 5.26 Å². The van der Waals surface area contributed by atoms with Gasteiger partial charge in [0.2, 0.25) is 0 Å². The van der Waals surface area contributed by atoms with Crippen molar-refractivity contribution in [2.45, 2.75) is 19.4 Å². The number of hydrogen-bond acceptors (Lipinski definition) is 4. The van der Waals surface area contributed by atoms with Crippen molar-refractivity contribution >= 4 is 5.82 Å². The van der Waals surface area contributed by atoms with Crippen LogP contribution < -0.4 is 4.90 Å². The van der Waals surface area contributed by atoms with Gasteiger partial charge >= 0.3 is 0 Å². The van der Waals surface area contributed by atoms with Crippen LogP contribution in [0.5, 0.6) is 0 Å². The van der Waals surface area contributed by atoms with Gasteiger partial charge in [-0.1, -0.05) is 6.92 Å². The summed E-state index contributed by atoms with van der Waals surface area (Å²) < 4.78 is 12.8. The van der Waals surface area contributed by atoms with Gasteiger partial charge < -0.3 is 4.90 Å². The first-order chi connectivity index (χ1) is 8.74. The Labute approximate surface area is 107 Å². The molecule has 1 atom stereocenters. The lowest BCUT2D eigenvalue weighted by atomic mass is 10.2. The molecule has 0 N–H and O–H groups in total. The topological polar surface area (TPSA) is 43.2 Å². The van der Waals surface area contributed by atoms with E-state index in [9.17, 15) is 4.39 Å². The molecule has 4 nitrogen and oxygen atoms in total. The minimum Gasteiger partial charge on any atom is -0.354 e. The van der Waals surface area contributed by atoms with Gasteiger partial charge in [-0.05, 0) is 18.6 Å². The number of nitriles is 1. The predicted octanol–water partition coefficient (Wildman–Crippen LogP) is 1.64. The molecule has 0 spiro atoms. The van der Waals surface area contributed by atoms with Gasteiger partial charge in [0.25, 0.3) is 0 Å². The summed E-state index contributed by atoms with van der Waals surface area (Å²) in [4.78, 5) is 8.40. The number of piperazine rings is 1. The molecule has 96 valence electrons. The minimum absolute atomic E-state index is 0.00771. The Kier molecular flexibility index (Phi) is 4.11. The molecule has 2 rings (SSSR count). The van der Waals surface area contributed by atoms with Gasteiger partial charge in [0.05, 0.1) is 18.3 Å². The fourth-order valence-electron chi connectivity index (χ4n) is 2.25. The van der Waals surface area contributed by atoms with Gasteiger partial charge in [-0.3, -0.25) is 4.90 Å². The molecule has 5 heteroatoms. The van der Waals surface area contributed by atoms with E-state index < -0.39 is 0 Å². The maximum Gasteiger partial charge on any atom is 0.141 e. The molecule has 1 aromatic rings. The number of anilines is 1. The number of halogens is 1. The first-order valence-electron chi connectivity index (χ1n) is 6.24. The minimum atomic E-state index is -0.312. The Bertz CT molecular complexity index is 418. The smallest absolute Gasteiger partial charge is 0.141 e. The van der Waals surface area contributed by atoms with E-state index >= 15 is 0 Å². The molecule has 1 fully saturated rings. The van der Waals surface area contributed by atoms with Gasteiger partial charge in [0.1, 0.15) is 11.6 Å². The Morgan fingerprint density at radius 3 is 2.61 bits per heavy atom. The van der Waals surface area contributed by atoms with Crippen molar-refractivity contribution in [3.63, 3.8) is 0 Å². The number of hydrogen-bond donors (Lipinski definition) is 0. The Balaban J connectivity index is 1.94. The molecule has 0 aromatic carbocycles. The highest BCUT2D eigenvalue weighted by molar-refractivity contribution is 5.38. The van der Waals surface area contributed by atoms with E-state index in [1.54, 1.807) is 6.07 Å². The highest BCUT2D eigenvalue weighted by Crippen LogP contribution is 2.15. The number of rotatable bonds is 3. The summed E-state index contributed by atoms with van der Waals surface area (Å²) in [6, 6.07) is 5.46. The maximum atomic E-state index is 12.8. The molecule has 0 radical (unpaired) electrons. The predicted molar refractivity (Wildman–Crippen MR) is 67.7 cm³/mol. The van der Waals surface area contributed by atoms with Crippen LogP contribution in [0.2, 0.25) is 0 Å². The van der Waals surface area contributed by atoms with Gasteiger partial charge in [0.15, 0.2) is 0 Å². The third-order valence-electron chi connectivity index (χ3n) is 3.33. The molecule has 18 heavy (non-hydrogen) atoms. The number of aromatic nitrogens is 1. The molecule has 2 heterocycles. The second-order valence-corrected chi connectivity index (χ2v) is 4.41. The summed E-state index contributed by atoms with van der Waals surface area (Å²) in [7, 11) is 0. The summed E-state index contributed by atoms with van der Waals surface area (Å²) >= 11 is 0. The van der Waals surface area contributed by atoms with Crippen molar-refractivity contribution in [1.29, 1.82) is 5.26 Å². The third kappa shape index (κ3) is 2.77.